The quantitative estimate of drug-likeness (QED) is 0.0322. The number of amides is 1. The Kier molecular flexibility index (Phi) is 46.1. The van der Waals surface area contributed by atoms with Gasteiger partial charge in [0.25, 0.3) is 0 Å². The van der Waals surface area contributed by atoms with Crippen LogP contribution in [0.3, 0.4) is 0 Å². The number of rotatable bonds is 46. The van der Waals surface area contributed by atoms with Crippen LogP contribution in [0.1, 0.15) is 258 Å². The van der Waals surface area contributed by atoms with Crippen LogP contribution in [0.25, 0.3) is 0 Å². The molecule has 0 aromatic heterocycles. The highest BCUT2D eigenvalue weighted by atomic mass is 16.5. The van der Waals surface area contributed by atoms with Crippen LogP contribution in [0, 0.1) is 0 Å². The number of carbonyl (C=O) groups is 2. The minimum absolute atomic E-state index is 0.0491. The van der Waals surface area contributed by atoms with E-state index < -0.39 is 18.2 Å². The number of carbonyl (C=O) groups excluding carboxylic acids is 2. The summed E-state index contributed by atoms with van der Waals surface area (Å²) in [5.74, 6) is -0.518. The summed E-state index contributed by atoms with van der Waals surface area (Å²) < 4.78 is 5.91. The second kappa shape index (κ2) is 47.9. The Balaban J connectivity index is 4.64. The first-order valence-corrected chi connectivity index (χ1v) is 25.9. The number of ether oxygens (including phenoxy) is 1. The van der Waals surface area contributed by atoms with Crippen molar-refractivity contribution in [2.45, 2.75) is 277 Å². The molecule has 0 aliphatic heterocycles. The van der Waals surface area contributed by atoms with Gasteiger partial charge in [0.2, 0.25) is 5.91 Å². The molecule has 60 heavy (non-hydrogen) atoms. The Labute approximate surface area is 372 Å². The van der Waals surface area contributed by atoms with Gasteiger partial charge in [0, 0.05) is 6.42 Å². The molecule has 6 nitrogen and oxygen atoms in total. The van der Waals surface area contributed by atoms with Crippen LogP contribution in [0.15, 0.2) is 48.6 Å². The van der Waals surface area contributed by atoms with Crippen molar-refractivity contribution in [3.8, 4) is 0 Å². The van der Waals surface area contributed by atoms with Gasteiger partial charge in [-0.05, 0) is 89.9 Å². The summed E-state index contributed by atoms with van der Waals surface area (Å²) >= 11 is 0. The number of esters is 1. The molecule has 1 amide bonds. The minimum atomic E-state index is -0.798. The van der Waals surface area contributed by atoms with Crippen LogP contribution in [0.5, 0.6) is 0 Å². The summed E-state index contributed by atoms with van der Waals surface area (Å²) in [6.45, 7) is 6.42. The van der Waals surface area contributed by atoms with Crippen LogP contribution in [0.4, 0.5) is 0 Å². The van der Waals surface area contributed by atoms with E-state index in [2.05, 4.69) is 74.7 Å². The molecule has 0 aliphatic rings. The van der Waals surface area contributed by atoms with Crippen molar-refractivity contribution in [2.75, 3.05) is 6.61 Å². The zero-order valence-electron chi connectivity index (χ0n) is 39.8. The molecule has 0 radical (unpaired) electrons. The molecule has 3 atom stereocenters. The van der Waals surface area contributed by atoms with Gasteiger partial charge in [0.1, 0.15) is 6.10 Å². The molecule has 0 aliphatic carbocycles. The predicted octanol–water partition coefficient (Wildman–Crippen LogP) is 15.5. The molecule has 0 bridgehead atoms. The first-order chi connectivity index (χ1) is 29.5. The Morgan fingerprint density at radius 1 is 0.483 bits per heavy atom. The van der Waals surface area contributed by atoms with Crippen LogP contribution in [-0.2, 0) is 14.3 Å². The second-order valence-electron chi connectivity index (χ2n) is 17.6. The fourth-order valence-electron chi connectivity index (χ4n) is 7.67. The molecule has 0 saturated heterocycles. The minimum Gasteiger partial charge on any atom is -0.462 e. The van der Waals surface area contributed by atoms with Gasteiger partial charge < -0.3 is 20.3 Å². The number of aliphatic hydroxyl groups is 2. The lowest BCUT2D eigenvalue weighted by Gasteiger charge is -2.24. The second-order valence-corrected chi connectivity index (χ2v) is 17.6. The lowest BCUT2D eigenvalue weighted by atomic mass is 10.0. The SMILES string of the molecule is CCCCC/C=C\C/C=C\C/C=C\CCCCC(CC(=O)NC(CO)C(O)CCCCCCCCCCCCCCCC)OC(=O)CCCCCCC/C=C\CCCCC. The third kappa shape index (κ3) is 42.5. The van der Waals surface area contributed by atoms with Crippen LogP contribution in [0.2, 0.25) is 0 Å². The Bertz CT molecular complexity index is 1040. The fourth-order valence-corrected chi connectivity index (χ4v) is 7.67. The first kappa shape index (κ1) is 57.8. The van der Waals surface area contributed by atoms with Gasteiger partial charge in [-0.3, -0.25) is 9.59 Å². The molecule has 350 valence electrons. The Morgan fingerprint density at radius 3 is 1.35 bits per heavy atom. The van der Waals surface area contributed by atoms with Crippen molar-refractivity contribution in [2.24, 2.45) is 0 Å². The summed E-state index contributed by atoms with van der Waals surface area (Å²) in [5.41, 5.74) is 0. The maximum atomic E-state index is 13.2. The highest BCUT2D eigenvalue weighted by Crippen LogP contribution is 2.17. The van der Waals surface area contributed by atoms with E-state index in [4.69, 9.17) is 4.74 Å². The highest BCUT2D eigenvalue weighted by Gasteiger charge is 2.24. The van der Waals surface area contributed by atoms with E-state index in [1.165, 1.54) is 135 Å². The van der Waals surface area contributed by atoms with Crippen LogP contribution >= 0.6 is 0 Å². The zero-order valence-corrected chi connectivity index (χ0v) is 39.8. The molecule has 0 fully saturated rings. The molecule has 0 rings (SSSR count). The van der Waals surface area contributed by atoms with E-state index in [9.17, 15) is 19.8 Å². The van der Waals surface area contributed by atoms with Gasteiger partial charge in [0.05, 0.1) is 25.2 Å². The standard InChI is InChI=1S/C54H99NO5/c1-4-7-10-13-16-19-22-25-27-28-30-33-36-39-42-45-50(60-54(59)47-44-41-38-35-32-24-21-18-15-12-9-6-3)48-53(58)55-51(49-56)52(57)46-43-40-37-34-31-29-26-23-20-17-14-11-8-5-2/h16,18-19,21,25,27,30,33,50-52,56-57H,4-15,17,20,22-24,26,28-29,31-32,34-49H2,1-3H3,(H,55,58)/b19-16-,21-18-,27-25-,33-30-. The van der Waals surface area contributed by atoms with Gasteiger partial charge in [-0.15, -0.1) is 0 Å². The Morgan fingerprint density at radius 2 is 0.850 bits per heavy atom. The van der Waals surface area contributed by atoms with Gasteiger partial charge in [-0.25, -0.2) is 0 Å². The van der Waals surface area contributed by atoms with Crippen molar-refractivity contribution in [3.05, 3.63) is 48.6 Å². The molecule has 6 heteroatoms. The number of unbranched alkanes of at least 4 members (excludes halogenated alkanes) is 26. The zero-order chi connectivity index (χ0) is 43.8. The lowest BCUT2D eigenvalue weighted by molar-refractivity contribution is -0.151. The van der Waals surface area contributed by atoms with E-state index in [1.54, 1.807) is 0 Å². The van der Waals surface area contributed by atoms with Gasteiger partial charge in [0.15, 0.2) is 0 Å². The number of hydrogen-bond donors (Lipinski definition) is 3. The van der Waals surface area contributed by atoms with Gasteiger partial charge >= 0.3 is 5.97 Å². The van der Waals surface area contributed by atoms with E-state index >= 15 is 0 Å². The van der Waals surface area contributed by atoms with Crippen LogP contribution < -0.4 is 5.32 Å². The fraction of sp³-hybridized carbons (Fsp3) is 0.815. The van der Waals surface area contributed by atoms with E-state index in [-0.39, 0.29) is 24.9 Å². The number of allylic oxidation sites excluding steroid dienone is 8. The normalized spacial score (nSPS) is 13.6. The third-order valence-corrected chi connectivity index (χ3v) is 11.6. The molecule has 0 aromatic carbocycles. The average Bonchev–Trinajstić information content (AvgIpc) is 3.24. The first-order valence-electron chi connectivity index (χ1n) is 25.9. The summed E-state index contributed by atoms with van der Waals surface area (Å²) in [7, 11) is 0. The number of nitrogens with one attached hydrogen (secondary N) is 1. The molecule has 0 aromatic rings. The van der Waals surface area contributed by atoms with Crippen LogP contribution in [-0.4, -0.2) is 46.9 Å². The molecule has 3 unspecified atom stereocenters. The maximum Gasteiger partial charge on any atom is 0.306 e. The van der Waals surface area contributed by atoms with E-state index in [1.807, 2.05) is 0 Å². The predicted molar refractivity (Wildman–Crippen MR) is 259 cm³/mol. The summed E-state index contributed by atoms with van der Waals surface area (Å²) in [4.78, 5) is 26.1. The van der Waals surface area contributed by atoms with E-state index in [0.29, 0.717) is 19.3 Å². The monoisotopic (exact) mass is 842 g/mol. The highest BCUT2D eigenvalue weighted by molar-refractivity contribution is 5.77. The van der Waals surface area contributed by atoms with Crippen molar-refractivity contribution >= 4 is 11.9 Å². The van der Waals surface area contributed by atoms with Crippen molar-refractivity contribution in [3.63, 3.8) is 0 Å². The summed E-state index contributed by atoms with van der Waals surface area (Å²) in [6, 6.07) is -0.714. The largest absolute Gasteiger partial charge is 0.462 e. The molecular formula is C54H99NO5. The molecule has 0 spiro atoms. The summed E-state index contributed by atoms with van der Waals surface area (Å²) in [5, 5.41) is 23.8. The van der Waals surface area contributed by atoms with E-state index in [0.717, 1.165) is 77.0 Å². The average molecular weight is 842 g/mol. The Hall–Kier alpha value is -2.18. The smallest absolute Gasteiger partial charge is 0.306 e. The topological polar surface area (TPSA) is 95.9 Å². The van der Waals surface area contributed by atoms with Crippen molar-refractivity contribution in [1.82, 2.24) is 5.32 Å². The van der Waals surface area contributed by atoms with Crippen molar-refractivity contribution < 1.29 is 24.5 Å². The third-order valence-electron chi connectivity index (χ3n) is 11.6. The molecular weight excluding hydrogens is 743 g/mol. The van der Waals surface area contributed by atoms with Crippen molar-refractivity contribution in [1.29, 1.82) is 0 Å². The molecule has 0 saturated carbocycles. The van der Waals surface area contributed by atoms with Gasteiger partial charge in [-0.2, -0.15) is 0 Å². The molecule has 0 heterocycles. The number of aliphatic hydroxyl groups excluding tert-OH is 2. The maximum absolute atomic E-state index is 13.2. The number of hydrogen-bond acceptors (Lipinski definition) is 5. The van der Waals surface area contributed by atoms with Gasteiger partial charge in [-0.1, -0.05) is 204 Å². The summed E-state index contributed by atoms with van der Waals surface area (Å²) in [6.07, 6.45) is 57.4. The lowest BCUT2D eigenvalue weighted by Crippen LogP contribution is -2.46. The molecule has 3 N–H and O–H groups in total.